The van der Waals surface area contributed by atoms with Crippen molar-refractivity contribution in [1.29, 1.82) is 0 Å². The lowest BCUT2D eigenvalue weighted by atomic mass is 10.1. The number of anilines is 2. The summed E-state index contributed by atoms with van der Waals surface area (Å²) < 4.78 is 0. The van der Waals surface area contributed by atoms with Crippen LogP contribution in [0.3, 0.4) is 0 Å². The summed E-state index contributed by atoms with van der Waals surface area (Å²) in [6, 6.07) is 12.0. The first-order chi connectivity index (χ1) is 9.44. The van der Waals surface area contributed by atoms with Gasteiger partial charge in [-0.2, -0.15) is 0 Å². The van der Waals surface area contributed by atoms with Crippen molar-refractivity contribution in [3.05, 3.63) is 58.1 Å². The van der Waals surface area contributed by atoms with Gasteiger partial charge in [-0.05, 0) is 73.9 Å². The number of benzene rings is 2. The third kappa shape index (κ3) is 3.95. The van der Waals surface area contributed by atoms with E-state index in [4.69, 9.17) is 23.8 Å². The predicted molar refractivity (Wildman–Crippen MR) is 91.9 cm³/mol. The number of hydrogen-bond donors (Lipinski definition) is 2. The Morgan fingerprint density at radius 2 is 1.50 bits per heavy atom. The van der Waals surface area contributed by atoms with Gasteiger partial charge < -0.3 is 10.6 Å². The van der Waals surface area contributed by atoms with Crippen LogP contribution in [0.25, 0.3) is 0 Å². The highest BCUT2D eigenvalue weighted by Gasteiger charge is 2.02. The summed E-state index contributed by atoms with van der Waals surface area (Å²) in [5.74, 6) is 0. The summed E-state index contributed by atoms with van der Waals surface area (Å²) in [6.07, 6.45) is 0. The first-order valence-corrected chi connectivity index (χ1v) is 7.15. The Labute approximate surface area is 130 Å². The predicted octanol–water partition coefficient (Wildman–Crippen LogP) is 5.07. The molecule has 4 heteroatoms. The minimum Gasteiger partial charge on any atom is -0.332 e. The van der Waals surface area contributed by atoms with Gasteiger partial charge in [0, 0.05) is 16.4 Å². The molecule has 104 valence electrons. The third-order valence-electron chi connectivity index (χ3n) is 2.91. The van der Waals surface area contributed by atoms with Gasteiger partial charge in [-0.1, -0.05) is 23.7 Å². The molecule has 0 aromatic heterocycles. The summed E-state index contributed by atoms with van der Waals surface area (Å²) in [7, 11) is 0. The van der Waals surface area contributed by atoms with Crippen LogP contribution in [-0.4, -0.2) is 5.11 Å². The van der Waals surface area contributed by atoms with Gasteiger partial charge in [0.1, 0.15) is 0 Å². The summed E-state index contributed by atoms with van der Waals surface area (Å²) in [5.41, 5.74) is 5.31. The maximum atomic E-state index is 6.10. The zero-order chi connectivity index (χ0) is 14.7. The van der Waals surface area contributed by atoms with E-state index in [0.717, 1.165) is 22.0 Å². The van der Waals surface area contributed by atoms with E-state index in [1.54, 1.807) is 0 Å². The monoisotopic (exact) mass is 304 g/mol. The lowest BCUT2D eigenvalue weighted by Crippen LogP contribution is -2.19. The quantitative estimate of drug-likeness (QED) is 0.757. The van der Waals surface area contributed by atoms with Crippen LogP contribution in [0.1, 0.15) is 16.7 Å². The first kappa shape index (κ1) is 14.8. The average molecular weight is 305 g/mol. The molecule has 2 aromatic carbocycles. The smallest absolute Gasteiger partial charge is 0.175 e. The molecular formula is C16H17ClN2S. The highest BCUT2D eigenvalue weighted by atomic mass is 35.5. The zero-order valence-electron chi connectivity index (χ0n) is 11.8. The topological polar surface area (TPSA) is 24.1 Å². The molecule has 0 spiro atoms. The lowest BCUT2D eigenvalue weighted by molar-refractivity contribution is 1.38. The summed E-state index contributed by atoms with van der Waals surface area (Å²) >= 11 is 11.4. The third-order valence-corrected chi connectivity index (χ3v) is 3.52. The SMILES string of the molecule is Cc1cc(C)cc(NC(=S)Nc2ccc(C)c(Cl)c2)c1. The summed E-state index contributed by atoms with van der Waals surface area (Å²) in [5, 5.41) is 7.59. The molecule has 0 amide bonds. The maximum Gasteiger partial charge on any atom is 0.175 e. The van der Waals surface area contributed by atoms with Gasteiger partial charge in [-0.3, -0.25) is 0 Å². The largest absolute Gasteiger partial charge is 0.332 e. The molecule has 0 aliphatic rings. The molecule has 0 saturated heterocycles. The van der Waals surface area contributed by atoms with Gasteiger partial charge in [0.2, 0.25) is 0 Å². The molecule has 0 fully saturated rings. The van der Waals surface area contributed by atoms with Gasteiger partial charge in [0.05, 0.1) is 0 Å². The van der Waals surface area contributed by atoms with E-state index in [2.05, 4.69) is 42.7 Å². The van der Waals surface area contributed by atoms with E-state index >= 15 is 0 Å². The van der Waals surface area contributed by atoms with Crippen molar-refractivity contribution in [3.8, 4) is 0 Å². The molecule has 0 aliphatic heterocycles. The van der Waals surface area contributed by atoms with Crippen LogP contribution in [0.15, 0.2) is 36.4 Å². The average Bonchev–Trinajstić information content (AvgIpc) is 2.32. The van der Waals surface area contributed by atoms with E-state index in [9.17, 15) is 0 Å². The van der Waals surface area contributed by atoms with Gasteiger partial charge >= 0.3 is 0 Å². The number of rotatable bonds is 2. The molecule has 0 radical (unpaired) electrons. The number of halogens is 1. The number of hydrogen-bond acceptors (Lipinski definition) is 1. The molecule has 0 bridgehead atoms. The molecule has 2 rings (SSSR count). The number of nitrogens with one attached hydrogen (secondary N) is 2. The standard InChI is InChI=1S/C16H17ClN2S/c1-10-6-11(2)8-14(7-10)19-16(20)18-13-5-4-12(3)15(17)9-13/h4-9H,1-3H3,(H2,18,19,20). The molecule has 2 aromatic rings. The fraction of sp³-hybridized carbons (Fsp3) is 0.188. The Morgan fingerprint density at radius 3 is 2.10 bits per heavy atom. The van der Waals surface area contributed by atoms with Crippen molar-refractivity contribution in [3.63, 3.8) is 0 Å². The van der Waals surface area contributed by atoms with Crippen molar-refractivity contribution in [2.75, 3.05) is 10.6 Å². The summed E-state index contributed by atoms with van der Waals surface area (Å²) in [6.45, 7) is 6.10. The van der Waals surface area contributed by atoms with Crippen molar-refractivity contribution < 1.29 is 0 Å². The van der Waals surface area contributed by atoms with Crippen molar-refractivity contribution >= 4 is 40.3 Å². The Bertz CT molecular complexity index is 633. The van der Waals surface area contributed by atoms with Crippen LogP contribution in [-0.2, 0) is 0 Å². The lowest BCUT2D eigenvalue weighted by Gasteiger charge is -2.12. The van der Waals surface area contributed by atoms with Crippen molar-refractivity contribution in [2.24, 2.45) is 0 Å². The molecule has 0 heterocycles. The number of aryl methyl sites for hydroxylation is 3. The maximum absolute atomic E-state index is 6.10. The van der Waals surface area contributed by atoms with E-state index in [0.29, 0.717) is 5.11 Å². The van der Waals surface area contributed by atoms with E-state index in [1.807, 2.05) is 25.1 Å². The van der Waals surface area contributed by atoms with Gasteiger partial charge in [-0.25, -0.2) is 0 Å². The van der Waals surface area contributed by atoms with E-state index in [1.165, 1.54) is 11.1 Å². The fourth-order valence-corrected chi connectivity index (χ4v) is 2.43. The molecule has 2 N–H and O–H groups in total. The van der Waals surface area contributed by atoms with Crippen molar-refractivity contribution in [2.45, 2.75) is 20.8 Å². The van der Waals surface area contributed by atoms with Crippen LogP contribution < -0.4 is 10.6 Å². The molecular weight excluding hydrogens is 288 g/mol. The summed E-state index contributed by atoms with van der Waals surface area (Å²) in [4.78, 5) is 0. The van der Waals surface area contributed by atoms with E-state index < -0.39 is 0 Å². The van der Waals surface area contributed by atoms with Crippen LogP contribution in [0.5, 0.6) is 0 Å². The Hall–Kier alpha value is -1.58. The Balaban J connectivity index is 2.06. The zero-order valence-corrected chi connectivity index (χ0v) is 13.3. The van der Waals surface area contributed by atoms with Crippen LogP contribution in [0.2, 0.25) is 5.02 Å². The molecule has 2 nitrogen and oxygen atoms in total. The second-order valence-corrected chi connectivity index (χ2v) is 5.73. The Kier molecular flexibility index (Phi) is 4.63. The van der Waals surface area contributed by atoms with E-state index in [-0.39, 0.29) is 0 Å². The number of thiocarbonyl (C=S) groups is 1. The van der Waals surface area contributed by atoms with Crippen LogP contribution in [0.4, 0.5) is 11.4 Å². The fourth-order valence-electron chi connectivity index (χ4n) is 2.01. The van der Waals surface area contributed by atoms with Crippen LogP contribution in [0, 0.1) is 20.8 Å². The first-order valence-electron chi connectivity index (χ1n) is 6.36. The molecule has 0 atom stereocenters. The molecule has 0 saturated carbocycles. The minimum atomic E-state index is 0.551. The molecule has 20 heavy (non-hydrogen) atoms. The van der Waals surface area contributed by atoms with Crippen molar-refractivity contribution in [1.82, 2.24) is 0 Å². The van der Waals surface area contributed by atoms with Gasteiger partial charge in [0.25, 0.3) is 0 Å². The molecule has 0 aliphatic carbocycles. The second-order valence-electron chi connectivity index (χ2n) is 4.92. The van der Waals surface area contributed by atoms with Crippen LogP contribution >= 0.6 is 23.8 Å². The molecule has 0 unspecified atom stereocenters. The highest BCUT2D eigenvalue weighted by molar-refractivity contribution is 7.80. The Morgan fingerprint density at radius 1 is 0.900 bits per heavy atom. The highest BCUT2D eigenvalue weighted by Crippen LogP contribution is 2.20. The second kappa shape index (κ2) is 6.25. The normalized spacial score (nSPS) is 10.2. The van der Waals surface area contributed by atoms with Gasteiger partial charge in [-0.15, -0.1) is 0 Å². The van der Waals surface area contributed by atoms with Gasteiger partial charge in [0.15, 0.2) is 5.11 Å². The minimum absolute atomic E-state index is 0.551.